The lowest BCUT2D eigenvalue weighted by molar-refractivity contribution is -0.120. The van der Waals surface area contributed by atoms with Gasteiger partial charge in [-0.15, -0.1) is 10.2 Å². The fraction of sp³-hybridized carbons (Fsp3) is 0.818. The molecule has 100 valence electrons. The zero-order chi connectivity index (χ0) is 12.8. The number of rotatable bonds is 6. The number of carbonyl (C=O) groups excluding carboxylic acids is 1. The Morgan fingerprint density at radius 1 is 1.50 bits per heavy atom. The van der Waals surface area contributed by atoms with Crippen LogP contribution < -0.4 is 5.32 Å². The number of piperidine rings is 1. The summed E-state index contributed by atoms with van der Waals surface area (Å²) in [4.78, 5) is 13.0. The van der Waals surface area contributed by atoms with E-state index in [0.717, 1.165) is 25.9 Å². The molecule has 0 bridgehead atoms. The number of hydrogen-bond acceptors (Lipinski definition) is 6. The van der Waals surface area contributed by atoms with E-state index in [0.29, 0.717) is 25.0 Å². The standard InChI is InChI=1S/C11H19N5O2/c1-16-14-11(13-15-16)8-9(17)4-7-18-10-2-5-12-6-3-10/h10,12H,2-8H2,1H3. The average molecular weight is 253 g/mol. The molecule has 1 fully saturated rings. The highest BCUT2D eigenvalue weighted by Crippen LogP contribution is 2.07. The third-order valence-corrected chi connectivity index (χ3v) is 2.93. The summed E-state index contributed by atoms with van der Waals surface area (Å²) in [6.45, 7) is 2.49. The fourth-order valence-corrected chi connectivity index (χ4v) is 1.96. The third-order valence-electron chi connectivity index (χ3n) is 2.93. The van der Waals surface area contributed by atoms with Crippen molar-refractivity contribution in [1.29, 1.82) is 0 Å². The number of ether oxygens (including phenoxy) is 1. The smallest absolute Gasteiger partial charge is 0.182 e. The molecular formula is C11H19N5O2. The largest absolute Gasteiger partial charge is 0.378 e. The zero-order valence-corrected chi connectivity index (χ0v) is 10.6. The molecule has 0 atom stereocenters. The fourth-order valence-electron chi connectivity index (χ4n) is 1.96. The molecule has 7 nitrogen and oxygen atoms in total. The van der Waals surface area contributed by atoms with Gasteiger partial charge in [-0.1, -0.05) is 0 Å². The van der Waals surface area contributed by atoms with Gasteiger partial charge in [0.1, 0.15) is 5.78 Å². The molecule has 1 aromatic heterocycles. The van der Waals surface area contributed by atoms with Crippen LogP contribution in [0.3, 0.4) is 0 Å². The van der Waals surface area contributed by atoms with Crippen LogP contribution in [0, 0.1) is 0 Å². The summed E-state index contributed by atoms with van der Waals surface area (Å²) >= 11 is 0. The topological polar surface area (TPSA) is 81.9 Å². The first-order chi connectivity index (χ1) is 8.74. The molecule has 0 aromatic carbocycles. The Hall–Kier alpha value is -1.34. The Balaban J connectivity index is 1.62. The van der Waals surface area contributed by atoms with Crippen LogP contribution in [0.15, 0.2) is 0 Å². The predicted octanol–water partition coefficient (Wildman–Crippen LogP) is -0.520. The first-order valence-corrected chi connectivity index (χ1v) is 6.31. The molecule has 1 saturated heterocycles. The number of hydrogen-bond donors (Lipinski definition) is 1. The number of aromatic nitrogens is 4. The van der Waals surface area contributed by atoms with Crippen molar-refractivity contribution in [2.24, 2.45) is 7.05 Å². The number of nitrogens with zero attached hydrogens (tertiary/aromatic N) is 4. The molecule has 7 heteroatoms. The lowest BCUT2D eigenvalue weighted by Gasteiger charge is -2.22. The van der Waals surface area contributed by atoms with Crippen molar-refractivity contribution in [2.45, 2.75) is 31.8 Å². The van der Waals surface area contributed by atoms with E-state index in [2.05, 4.69) is 20.7 Å². The van der Waals surface area contributed by atoms with Gasteiger partial charge < -0.3 is 10.1 Å². The van der Waals surface area contributed by atoms with Gasteiger partial charge in [-0.05, 0) is 31.1 Å². The van der Waals surface area contributed by atoms with E-state index in [-0.39, 0.29) is 12.2 Å². The van der Waals surface area contributed by atoms with E-state index in [1.54, 1.807) is 7.05 Å². The van der Waals surface area contributed by atoms with E-state index < -0.39 is 0 Å². The van der Waals surface area contributed by atoms with E-state index in [9.17, 15) is 4.79 Å². The van der Waals surface area contributed by atoms with Crippen LogP contribution in [-0.4, -0.2) is 51.8 Å². The number of carbonyl (C=O) groups is 1. The molecule has 18 heavy (non-hydrogen) atoms. The minimum atomic E-state index is 0.0944. The minimum Gasteiger partial charge on any atom is -0.378 e. The Kier molecular flexibility index (Phi) is 4.77. The van der Waals surface area contributed by atoms with Crippen LogP contribution in [0.4, 0.5) is 0 Å². The highest BCUT2D eigenvalue weighted by Gasteiger charge is 2.14. The summed E-state index contributed by atoms with van der Waals surface area (Å²) in [5.41, 5.74) is 0. The van der Waals surface area contributed by atoms with Crippen LogP contribution >= 0.6 is 0 Å². The number of Topliss-reactive ketones (excluding diaryl/α,β-unsaturated/α-hetero) is 1. The van der Waals surface area contributed by atoms with Gasteiger partial charge in [-0.25, -0.2) is 0 Å². The summed E-state index contributed by atoms with van der Waals surface area (Å²) in [6.07, 6.45) is 3.01. The van der Waals surface area contributed by atoms with E-state index in [1.807, 2.05) is 0 Å². The van der Waals surface area contributed by atoms with E-state index in [1.165, 1.54) is 4.80 Å². The molecule has 0 aliphatic carbocycles. The molecule has 1 N–H and O–H groups in total. The minimum absolute atomic E-state index is 0.0944. The number of nitrogens with one attached hydrogen (secondary N) is 1. The molecular weight excluding hydrogens is 234 g/mol. The maximum absolute atomic E-state index is 11.7. The lowest BCUT2D eigenvalue weighted by atomic mass is 10.1. The molecule has 0 spiro atoms. The second-order valence-electron chi connectivity index (χ2n) is 4.48. The Bertz CT molecular complexity index is 387. The molecule has 2 heterocycles. The zero-order valence-electron chi connectivity index (χ0n) is 10.6. The Morgan fingerprint density at radius 3 is 2.94 bits per heavy atom. The normalized spacial score (nSPS) is 16.9. The van der Waals surface area contributed by atoms with Crippen molar-refractivity contribution >= 4 is 5.78 Å². The summed E-state index contributed by atoms with van der Waals surface area (Å²) in [7, 11) is 1.68. The molecule has 1 aromatic rings. The van der Waals surface area contributed by atoms with Gasteiger partial charge in [0.15, 0.2) is 5.82 Å². The summed E-state index contributed by atoms with van der Waals surface area (Å²) in [6, 6.07) is 0. The van der Waals surface area contributed by atoms with Gasteiger partial charge in [0.2, 0.25) is 0 Å². The number of ketones is 1. The first-order valence-electron chi connectivity index (χ1n) is 6.31. The molecule has 0 unspecified atom stereocenters. The van der Waals surface area contributed by atoms with Crippen molar-refractivity contribution in [2.75, 3.05) is 19.7 Å². The Labute approximate surface area is 106 Å². The van der Waals surface area contributed by atoms with Crippen molar-refractivity contribution < 1.29 is 9.53 Å². The number of tetrazole rings is 1. The predicted molar refractivity (Wildman–Crippen MR) is 64.0 cm³/mol. The first kappa shape index (κ1) is 13.1. The molecule has 1 aliphatic heterocycles. The lowest BCUT2D eigenvalue weighted by Crippen LogP contribution is -2.32. The van der Waals surface area contributed by atoms with Gasteiger partial charge >= 0.3 is 0 Å². The SMILES string of the molecule is Cn1nnc(CC(=O)CCOC2CCNCC2)n1. The second kappa shape index (κ2) is 6.55. The van der Waals surface area contributed by atoms with Crippen molar-refractivity contribution in [3.63, 3.8) is 0 Å². The summed E-state index contributed by atoms with van der Waals surface area (Å²) < 4.78 is 5.67. The number of aryl methyl sites for hydroxylation is 1. The van der Waals surface area contributed by atoms with Crippen LogP contribution in [0.2, 0.25) is 0 Å². The van der Waals surface area contributed by atoms with Crippen molar-refractivity contribution in [3.8, 4) is 0 Å². The Morgan fingerprint density at radius 2 is 2.28 bits per heavy atom. The van der Waals surface area contributed by atoms with Crippen molar-refractivity contribution in [1.82, 2.24) is 25.5 Å². The monoisotopic (exact) mass is 253 g/mol. The summed E-state index contributed by atoms with van der Waals surface area (Å²) in [5, 5.41) is 14.7. The molecule has 0 saturated carbocycles. The van der Waals surface area contributed by atoms with E-state index in [4.69, 9.17) is 4.74 Å². The van der Waals surface area contributed by atoms with Gasteiger partial charge in [0.25, 0.3) is 0 Å². The van der Waals surface area contributed by atoms with E-state index >= 15 is 0 Å². The van der Waals surface area contributed by atoms with Crippen molar-refractivity contribution in [3.05, 3.63) is 5.82 Å². The molecule has 0 amide bonds. The third kappa shape index (κ3) is 4.15. The highest BCUT2D eigenvalue weighted by atomic mass is 16.5. The average Bonchev–Trinajstić information content (AvgIpc) is 2.76. The van der Waals surface area contributed by atoms with Crippen LogP contribution in [-0.2, 0) is 23.0 Å². The van der Waals surface area contributed by atoms with Gasteiger partial charge in [0.05, 0.1) is 26.2 Å². The quantitative estimate of drug-likeness (QED) is 0.734. The van der Waals surface area contributed by atoms with Crippen LogP contribution in [0.5, 0.6) is 0 Å². The van der Waals surface area contributed by atoms with Crippen LogP contribution in [0.1, 0.15) is 25.1 Å². The van der Waals surface area contributed by atoms with Gasteiger partial charge in [0, 0.05) is 6.42 Å². The molecule has 1 aliphatic rings. The molecule has 2 rings (SSSR count). The highest BCUT2D eigenvalue weighted by molar-refractivity contribution is 5.80. The summed E-state index contributed by atoms with van der Waals surface area (Å²) in [5.74, 6) is 0.571. The van der Waals surface area contributed by atoms with Crippen LogP contribution in [0.25, 0.3) is 0 Å². The second-order valence-corrected chi connectivity index (χ2v) is 4.48. The molecule has 0 radical (unpaired) electrons. The van der Waals surface area contributed by atoms with Gasteiger partial charge in [-0.3, -0.25) is 4.79 Å². The van der Waals surface area contributed by atoms with Gasteiger partial charge in [-0.2, -0.15) is 4.80 Å². The maximum atomic E-state index is 11.7. The maximum Gasteiger partial charge on any atom is 0.182 e.